The summed E-state index contributed by atoms with van der Waals surface area (Å²) >= 11 is 1.21. The number of hydrazone groups is 1. The number of benzene rings is 3. The molecule has 192 valence electrons. The van der Waals surface area contributed by atoms with Gasteiger partial charge in [-0.2, -0.15) is 5.10 Å². The number of nitrogens with zero attached hydrogens (tertiary/aromatic N) is 2. The smallest absolute Gasteiger partial charge is 0.275 e. The third-order valence-corrected chi connectivity index (χ3v) is 6.49. The molecule has 0 saturated heterocycles. The van der Waals surface area contributed by atoms with Crippen LogP contribution in [0.25, 0.3) is 0 Å². The SMILES string of the molecule is COc1c(OCC(=O)NCCF)cccc1C1SC(c2ccc(F)cc2)=NN1C(=O)c1cccc(F)c1. The lowest BCUT2D eigenvalue weighted by Crippen LogP contribution is -2.30. The average Bonchev–Trinajstić information content (AvgIpc) is 3.35. The molecule has 0 aromatic heterocycles. The van der Waals surface area contributed by atoms with Gasteiger partial charge in [-0.1, -0.05) is 30.0 Å². The van der Waals surface area contributed by atoms with E-state index in [1.165, 1.54) is 54.2 Å². The van der Waals surface area contributed by atoms with Crippen LogP contribution < -0.4 is 14.8 Å². The first-order chi connectivity index (χ1) is 17.9. The average molecular weight is 530 g/mol. The quantitative estimate of drug-likeness (QED) is 0.435. The fraction of sp³-hybridized carbons (Fsp3) is 0.192. The summed E-state index contributed by atoms with van der Waals surface area (Å²) < 4.78 is 50.9. The molecule has 4 rings (SSSR count). The van der Waals surface area contributed by atoms with Crippen LogP contribution in [0.2, 0.25) is 0 Å². The van der Waals surface area contributed by atoms with Crippen molar-refractivity contribution in [1.82, 2.24) is 10.3 Å². The van der Waals surface area contributed by atoms with Crippen molar-refractivity contribution in [3.63, 3.8) is 0 Å². The summed E-state index contributed by atoms with van der Waals surface area (Å²) in [5.41, 5.74) is 1.17. The third kappa shape index (κ3) is 6.05. The summed E-state index contributed by atoms with van der Waals surface area (Å²) in [5, 5.41) is 7.74. The topological polar surface area (TPSA) is 80.2 Å². The van der Waals surface area contributed by atoms with Crippen LogP contribution in [-0.4, -0.2) is 48.8 Å². The van der Waals surface area contributed by atoms with E-state index in [4.69, 9.17) is 9.47 Å². The molecule has 2 amide bonds. The van der Waals surface area contributed by atoms with Crippen molar-refractivity contribution in [1.29, 1.82) is 0 Å². The molecule has 1 N–H and O–H groups in total. The molecule has 1 heterocycles. The molecule has 1 aliphatic rings. The Balaban J connectivity index is 1.69. The highest BCUT2D eigenvalue weighted by atomic mass is 32.2. The van der Waals surface area contributed by atoms with E-state index in [0.717, 1.165) is 6.07 Å². The molecule has 3 aromatic rings. The molecule has 0 saturated carbocycles. The normalized spacial score (nSPS) is 14.8. The summed E-state index contributed by atoms with van der Waals surface area (Å²) in [6.45, 7) is -1.20. The van der Waals surface area contributed by atoms with Crippen LogP contribution in [0.5, 0.6) is 11.5 Å². The van der Waals surface area contributed by atoms with Crippen molar-refractivity contribution in [3.05, 3.63) is 95.1 Å². The first kappa shape index (κ1) is 26.1. The van der Waals surface area contributed by atoms with Crippen LogP contribution in [0.15, 0.2) is 71.8 Å². The predicted molar refractivity (Wildman–Crippen MR) is 133 cm³/mol. The van der Waals surface area contributed by atoms with Crippen molar-refractivity contribution in [2.45, 2.75) is 5.37 Å². The lowest BCUT2D eigenvalue weighted by Gasteiger charge is -2.24. The van der Waals surface area contributed by atoms with Gasteiger partial charge in [0.15, 0.2) is 18.1 Å². The van der Waals surface area contributed by atoms with Crippen molar-refractivity contribution in [2.24, 2.45) is 5.10 Å². The summed E-state index contributed by atoms with van der Waals surface area (Å²) in [4.78, 5) is 25.3. The van der Waals surface area contributed by atoms with Gasteiger partial charge in [0, 0.05) is 23.2 Å². The molecule has 0 spiro atoms. The fourth-order valence-electron chi connectivity index (χ4n) is 3.59. The molecule has 0 radical (unpaired) electrons. The lowest BCUT2D eigenvalue weighted by atomic mass is 10.1. The number of carbonyl (C=O) groups is 2. The van der Waals surface area contributed by atoms with Gasteiger partial charge in [-0.15, -0.1) is 0 Å². The van der Waals surface area contributed by atoms with Crippen LogP contribution in [0.1, 0.15) is 26.9 Å². The number of amides is 2. The van der Waals surface area contributed by atoms with E-state index < -0.39 is 35.5 Å². The van der Waals surface area contributed by atoms with Crippen LogP contribution in [-0.2, 0) is 4.79 Å². The Morgan fingerprint density at radius 1 is 1.05 bits per heavy atom. The minimum Gasteiger partial charge on any atom is -0.492 e. The number of alkyl halides is 1. The van der Waals surface area contributed by atoms with Gasteiger partial charge in [0.05, 0.1) is 7.11 Å². The van der Waals surface area contributed by atoms with E-state index in [1.807, 2.05) is 0 Å². The number of ether oxygens (including phenoxy) is 2. The maximum absolute atomic E-state index is 13.9. The summed E-state index contributed by atoms with van der Waals surface area (Å²) in [5.74, 6) is -1.58. The molecule has 37 heavy (non-hydrogen) atoms. The first-order valence-electron chi connectivity index (χ1n) is 11.1. The maximum atomic E-state index is 13.9. The number of methoxy groups -OCH3 is 1. The van der Waals surface area contributed by atoms with Gasteiger partial charge in [-0.3, -0.25) is 9.59 Å². The Morgan fingerprint density at radius 2 is 1.81 bits per heavy atom. The van der Waals surface area contributed by atoms with E-state index in [1.54, 1.807) is 30.3 Å². The van der Waals surface area contributed by atoms with E-state index in [0.29, 0.717) is 16.2 Å². The van der Waals surface area contributed by atoms with Gasteiger partial charge in [-0.25, -0.2) is 18.2 Å². The number of hydrogen-bond donors (Lipinski definition) is 1. The first-order valence-corrected chi connectivity index (χ1v) is 12.0. The minimum absolute atomic E-state index is 0.0885. The molecule has 0 aliphatic carbocycles. The molecule has 0 bridgehead atoms. The number of rotatable bonds is 9. The van der Waals surface area contributed by atoms with Crippen molar-refractivity contribution < 1.29 is 32.2 Å². The second-order valence-electron chi connectivity index (χ2n) is 7.75. The highest BCUT2D eigenvalue weighted by Crippen LogP contribution is 2.47. The Labute approximate surface area is 215 Å². The minimum atomic E-state index is -0.755. The molecule has 3 aromatic carbocycles. The summed E-state index contributed by atoms with van der Waals surface area (Å²) in [6, 6.07) is 15.9. The summed E-state index contributed by atoms with van der Waals surface area (Å²) in [7, 11) is 1.41. The fourth-order valence-corrected chi connectivity index (χ4v) is 4.76. The van der Waals surface area contributed by atoms with Crippen LogP contribution >= 0.6 is 11.8 Å². The van der Waals surface area contributed by atoms with Gasteiger partial charge in [0.1, 0.15) is 28.7 Å². The van der Waals surface area contributed by atoms with Crippen molar-refractivity contribution >= 4 is 28.6 Å². The highest BCUT2D eigenvalue weighted by molar-refractivity contribution is 8.14. The zero-order chi connectivity index (χ0) is 26.4. The van der Waals surface area contributed by atoms with E-state index >= 15 is 0 Å². The Morgan fingerprint density at radius 3 is 2.51 bits per heavy atom. The van der Waals surface area contributed by atoms with Crippen molar-refractivity contribution in [3.8, 4) is 11.5 Å². The zero-order valence-corrected chi connectivity index (χ0v) is 20.4. The third-order valence-electron chi connectivity index (χ3n) is 5.27. The Kier molecular flexibility index (Phi) is 8.34. The van der Waals surface area contributed by atoms with Gasteiger partial charge in [0.2, 0.25) is 0 Å². The molecule has 1 unspecified atom stereocenters. The molecule has 0 fully saturated rings. The molecule has 7 nitrogen and oxygen atoms in total. The molecular weight excluding hydrogens is 507 g/mol. The highest BCUT2D eigenvalue weighted by Gasteiger charge is 2.37. The number of halogens is 3. The standard InChI is InChI=1S/C26H22F3N3O4S/c1-35-23-20(6-3-7-21(23)36-15-22(33)30-13-12-27)26-32(25(34)17-4-2-5-19(29)14-17)31-24(37-26)16-8-10-18(28)11-9-16/h2-11,14,26H,12-13,15H2,1H3,(H,30,33). The van der Waals surface area contributed by atoms with E-state index in [-0.39, 0.29) is 30.2 Å². The largest absolute Gasteiger partial charge is 0.492 e. The number of para-hydroxylation sites is 1. The second-order valence-corrected chi connectivity index (χ2v) is 8.82. The van der Waals surface area contributed by atoms with Gasteiger partial charge < -0.3 is 14.8 Å². The maximum Gasteiger partial charge on any atom is 0.275 e. The second kappa shape index (κ2) is 11.8. The molecule has 1 aliphatic heterocycles. The Bertz CT molecular complexity index is 1320. The number of thioether (sulfide) groups is 1. The number of hydrogen-bond acceptors (Lipinski definition) is 6. The van der Waals surface area contributed by atoms with E-state index in [9.17, 15) is 22.8 Å². The number of nitrogens with one attached hydrogen (secondary N) is 1. The van der Waals surface area contributed by atoms with Gasteiger partial charge in [0.25, 0.3) is 11.8 Å². The van der Waals surface area contributed by atoms with Crippen LogP contribution in [0.3, 0.4) is 0 Å². The van der Waals surface area contributed by atoms with Crippen LogP contribution in [0.4, 0.5) is 13.2 Å². The predicted octanol–water partition coefficient (Wildman–Crippen LogP) is 4.69. The van der Waals surface area contributed by atoms with Gasteiger partial charge in [-0.05, 0) is 48.5 Å². The molecule has 1 atom stereocenters. The molecule has 11 heteroatoms. The Hall–Kier alpha value is -3.99. The number of carbonyl (C=O) groups excluding carboxylic acids is 2. The molecular formula is C26H22F3N3O4S. The van der Waals surface area contributed by atoms with Crippen LogP contribution in [0, 0.1) is 11.6 Å². The van der Waals surface area contributed by atoms with Crippen molar-refractivity contribution in [2.75, 3.05) is 26.9 Å². The summed E-state index contributed by atoms with van der Waals surface area (Å²) in [6.07, 6.45) is 0. The monoisotopic (exact) mass is 529 g/mol. The van der Waals surface area contributed by atoms with E-state index in [2.05, 4.69) is 10.4 Å². The van der Waals surface area contributed by atoms with Gasteiger partial charge >= 0.3 is 0 Å². The lowest BCUT2D eigenvalue weighted by molar-refractivity contribution is -0.123. The zero-order valence-electron chi connectivity index (χ0n) is 19.6.